The lowest BCUT2D eigenvalue weighted by Gasteiger charge is -1.74. The molecule has 2 heterocycles. The van der Waals surface area contributed by atoms with Gasteiger partial charge < -0.3 is 20.2 Å². The van der Waals surface area contributed by atoms with Crippen LogP contribution in [0, 0.1) is 0 Å². The van der Waals surface area contributed by atoms with E-state index in [1.54, 1.807) is 37.4 Å². The molecule has 2 rings (SSSR count). The van der Waals surface area contributed by atoms with Crippen LogP contribution in [0.15, 0.2) is 49.6 Å². The number of aromatic nitrogens is 4. The van der Waals surface area contributed by atoms with E-state index < -0.39 is 11.9 Å². The first-order chi connectivity index (χ1) is 8.63. The molecule has 0 spiro atoms. The standard InChI is InChI=1S/C4H4O4.2C3H4N2/c5-3(6)1-2-4(7)8;2*1-2-5-3-4-1/h1-2H,(H,5,6)(H,7,8);2*1-3H,(H,4,5). The summed E-state index contributed by atoms with van der Waals surface area (Å²) in [4.78, 5) is 31.9. The summed E-state index contributed by atoms with van der Waals surface area (Å²) >= 11 is 0. The SMILES string of the molecule is O=C(O)C=CC(=O)O.c1c[nH]cn1.c1c[nH]cn1. The number of hydrogen-bond donors (Lipinski definition) is 4. The number of rotatable bonds is 2. The van der Waals surface area contributed by atoms with Crippen molar-refractivity contribution >= 4 is 11.9 Å². The molecule has 0 unspecified atom stereocenters. The summed E-state index contributed by atoms with van der Waals surface area (Å²) in [6.07, 6.45) is 11.3. The number of nitrogens with zero attached hydrogens (tertiary/aromatic N) is 2. The molecule has 0 aliphatic carbocycles. The van der Waals surface area contributed by atoms with E-state index in [0.717, 1.165) is 0 Å². The average molecular weight is 252 g/mol. The van der Waals surface area contributed by atoms with Gasteiger partial charge in [-0.3, -0.25) is 0 Å². The van der Waals surface area contributed by atoms with Crippen molar-refractivity contribution in [3.63, 3.8) is 0 Å². The fourth-order valence-corrected chi connectivity index (χ4v) is 0.573. The lowest BCUT2D eigenvalue weighted by molar-refractivity contribution is -0.134. The van der Waals surface area contributed by atoms with E-state index in [1.165, 1.54) is 0 Å². The van der Waals surface area contributed by atoms with E-state index in [9.17, 15) is 9.59 Å². The third-order valence-electron chi connectivity index (χ3n) is 1.18. The fourth-order valence-electron chi connectivity index (χ4n) is 0.573. The predicted molar refractivity (Wildman–Crippen MR) is 61.6 cm³/mol. The summed E-state index contributed by atoms with van der Waals surface area (Å²) in [6, 6.07) is 0. The van der Waals surface area contributed by atoms with E-state index >= 15 is 0 Å². The summed E-state index contributed by atoms with van der Waals surface area (Å²) in [6.45, 7) is 0. The number of aliphatic carboxylic acids is 2. The van der Waals surface area contributed by atoms with Gasteiger partial charge in [0.25, 0.3) is 0 Å². The van der Waals surface area contributed by atoms with Crippen molar-refractivity contribution < 1.29 is 19.8 Å². The largest absolute Gasteiger partial charge is 0.478 e. The molecule has 0 amide bonds. The summed E-state index contributed by atoms with van der Waals surface area (Å²) in [7, 11) is 0. The van der Waals surface area contributed by atoms with Gasteiger partial charge in [0, 0.05) is 36.9 Å². The molecule has 0 aromatic carbocycles. The van der Waals surface area contributed by atoms with Gasteiger partial charge in [0.2, 0.25) is 0 Å². The van der Waals surface area contributed by atoms with Crippen LogP contribution in [0.2, 0.25) is 0 Å². The van der Waals surface area contributed by atoms with Crippen LogP contribution < -0.4 is 0 Å². The van der Waals surface area contributed by atoms with Crippen LogP contribution in [0.4, 0.5) is 0 Å². The highest BCUT2D eigenvalue weighted by Crippen LogP contribution is 1.70. The molecule has 8 nitrogen and oxygen atoms in total. The predicted octanol–water partition coefficient (Wildman–Crippen LogP) is 0.531. The number of carboxylic acids is 2. The summed E-state index contributed by atoms with van der Waals surface area (Å²) < 4.78 is 0. The van der Waals surface area contributed by atoms with Gasteiger partial charge in [0.05, 0.1) is 12.7 Å². The molecule has 0 radical (unpaired) electrons. The molecule has 0 bridgehead atoms. The normalized spacial score (nSPS) is 8.67. The third kappa shape index (κ3) is 13.1. The minimum atomic E-state index is -1.26. The van der Waals surface area contributed by atoms with E-state index in [0.29, 0.717) is 12.2 Å². The first-order valence-corrected chi connectivity index (χ1v) is 4.62. The Morgan fingerprint density at radius 2 is 1.28 bits per heavy atom. The number of carboxylic acid groups (broad SMARTS) is 2. The number of nitrogens with one attached hydrogen (secondary N) is 2. The minimum Gasteiger partial charge on any atom is -0.478 e. The highest BCUT2D eigenvalue weighted by Gasteiger charge is 1.88. The Bertz CT molecular complexity index is 360. The van der Waals surface area contributed by atoms with E-state index in [2.05, 4.69) is 19.9 Å². The van der Waals surface area contributed by atoms with Gasteiger partial charge in [0.15, 0.2) is 0 Å². The molecule has 96 valence electrons. The second-order valence-electron chi connectivity index (χ2n) is 2.53. The molecular weight excluding hydrogens is 240 g/mol. The summed E-state index contributed by atoms with van der Waals surface area (Å²) in [5.41, 5.74) is 0. The van der Waals surface area contributed by atoms with Crippen molar-refractivity contribution in [1.82, 2.24) is 19.9 Å². The highest BCUT2D eigenvalue weighted by atomic mass is 16.4. The lowest BCUT2D eigenvalue weighted by Crippen LogP contribution is -1.91. The van der Waals surface area contributed by atoms with E-state index in [4.69, 9.17) is 10.2 Å². The molecule has 0 atom stereocenters. The zero-order chi connectivity index (χ0) is 13.6. The number of imidazole rings is 2. The molecule has 0 fully saturated rings. The number of aromatic amines is 2. The number of hydrogen-bond acceptors (Lipinski definition) is 4. The molecule has 18 heavy (non-hydrogen) atoms. The Kier molecular flexibility index (Phi) is 8.90. The van der Waals surface area contributed by atoms with Crippen LogP contribution >= 0.6 is 0 Å². The second-order valence-corrected chi connectivity index (χ2v) is 2.53. The van der Waals surface area contributed by atoms with Crippen molar-refractivity contribution in [1.29, 1.82) is 0 Å². The average Bonchev–Trinajstić information content (AvgIpc) is 3.03. The van der Waals surface area contributed by atoms with Gasteiger partial charge in [-0.25, -0.2) is 19.6 Å². The van der Waals surface area contributed by atoms with Crippen LogP contribution in [-0.4, -0.2) is 42.1 Å². The lowest BCUT2D eigenvalue weighted by atomic mass is 10.5. The van der Waals surface area contributed by atoms with Crippen LogP contribution in [-0.2, 0) is 9.59 Å². The Balaban J connectivity index is 0.000000250. The third-order valence-corrected chi connectivity index (χ3v) is 1.18. The van der Waals surface area contributed by atoms with Gasteiger partial charge in [-0.05, 0) is 0 Å². The van der Waals surface area contributed by atoms with Gasteiger partial charge in [-0.15, -0.1) is 0 Å². The topological polar surface area (TPSA) is 132 Å². The zero-order valence-electron chi connectivity index (χ0n) is 9.22. The first-order valence-electron chi connectivity index (χ1n) is 4.62. The molecule has 0 aliphatic rings. The Hall–Kier alpha value is -2.90. The Morgan fingerprint density at radius 1 is 0.889 bits per heavy atom. The van der Waals surface area contributed by atoms with Crippen molar-refractivity contribution in [3.05, 3.63) is 49.6 Å². The van der Waals surface area contributed by atoms with Crippen LogP contribution in [0.25, 0.3) is 0 Å². The smallest absolute Gasteiger partial charge is 0.328 e. The van der Waals surface area contributed by atoms with Crippen molar-refractivity contribution in [2.45, 2.75) is 0 Å². The highest BCUT2D eigenvalue weighted by molar-refractivity contribution is 5.89. The summed E-state index contributed by atoms with van der Waals surface area (Å²) in [5, 5.41) is 15.6. The van der Waals surface area contributed by atoms with Crippen LogP contribution in [0.3, 0.4) is 0 Å². The van der Waals surface area contributed by atoms with Gasteiger partial charge in [-0.1, -0.05) is 0 Å². The van der Waals surface area contributed by atoms with E-state index in [1.807, 2.05) is 0 Å². The monoisotopic (exact) mass is 252 g/mol. The molecule has 2 aromatic rings. The molecular formula is C10H12N4O4. The maximum absolute atomic E-state index is 9.55. The van der Waals surface area contributed by atoms with Gasteiger partial charge in [-0.2, -0.15) is 0 Å². The number of carbonyl (C=O) groups is 2. The molecule has 4 N–H and O–H groups in total. The first kappa shape index (κ1) is 15.1. The quantitative estimate of drug-likeness (QED) is 0.576. The molecule has 8 heteroatoms. The number of H-pyrrole nitrogens is 2. The van der Waals surface area contributed by atoms with Crippen LogP contribution in [0.1, 0.15) is 0 Å². The second kappa shape index (κ2) is 10.6. The minimum absolute atomic E-state index is 0.558. The molecule has 0 saturated heterocycles. The van der Waals surface area contributed by atoms with Gasteiger partial charge >= 0.3 is 11.9 Å². The van der Waals surface area contributed by atoms with E-state index in [-0.39, 0.29) is 0 Å². The maximum atomic E-state index is 9.55. The van der Waals surface area contributed by atoms with Crippen LogP contribution in [0.5, 0.6) is 0 Å². The Labute approximate surface area is 102 Å². The zero-order valence-corrected chi connectivity index (χ0v) is 9.22. The van der Waals surface area contributed by atoms with Crippen molar-refractivity contribution in [2.75, 3.05) is 0 Å². The fraction of sp³-hybridized carbons (Fsp3) is 0. The van der Waals surface area contributed by atoms with Crippen molar-refractivity contribution in [2.24, 2.45) is 0 Å². The Morgan fingerprint density at radius 3 is 1.39 bits per heavy atom. The van der Waals surface area contributed by atoms with Gasteiger partial charge in [0.1, 0.15) is 0 Å². The maximum Gasteiger partial charge on any atom is 0.328 e. The molecule has 0 aliphatic heterocycles. The molecule has 0 saturated carbocycles. The van der Waals surface area contributed by atoms with Crippen molar-refractivity contribution in [3.8, 4) is 0 Å². The summed E-state index contributed by atoms with van der Waals surface area (Å²) in [5.74, 6) is -2.51. The molecule has 2 aromatic heterocycles.